The maximum Gasteiger partial charge on any atom is 0.332 e. The Morgan fingerprint density at radius 3 is 2.30 bits per heavy atom. The minimum Gasteiger partial charge on any atom is -0.479 e. The van der Waals surface area contributed by atoms with Gasteiger partial charge >= 0.3 is 5.97 Å². The highest BCUT2D eigenvalue weighted by atomic mass is 16.5. The van der Waals surface area contributed by atoms with Crippen LogP contribution in [0.25, 0.3) is 0 Å². The van der Waals surface area contributed by atoms with Crippen molar-refractivity contribution in [2.24, 2.45) is 0 Å². The van der Waals surface area contributed by atoms with Crippen LogP contribution in [0.15, 0.2) is 0 Å². The van der Waals surface area contributed by atoms with E-state index in [0.717, 1.165) is 19.5 Å². The number of aliphatic carboxylic acids is 1. The Balaban J connectivity index is 1.82. The molecule has 2 fully saturated rings. The first-order chi connectivity index (χ1) is 9.52. The second-order valence-corrected chi connectivity index (χ2v) is 5.65. The second-order valence-electron chi connectivity index (χ2n) is 5.65. The number of carbonyl (C=O) groups excluding carboxylic acids is 1. The van der Waals surface area contributed by atoms with E-state index in [1.165, 1.54) is 0 Å². The Bertz CT molecular complexity index is 366. The third kappa shape index (κ3) is 3.30. The van der Waals surface area contributed by atoms with Gasteiger partial charge in [0.2, 0.25) is 0 Å². The van der Waals surface area contributed by atoms with Gasteiger partial charge in [0.1, 0.15) is 6.10 Å². The highest BCUT2D eigenvalue weighted by molar-refractivity contribution is 5.82. The topological polar surface area (TPSA) is 70.1 Å². The predicted octanol–water partition coefficient (Wildman–Crippen LogP) is 0.561. The van der Waals surface area contributed by atoms with Gasteiger partial charge in [0.15, 0.2) is 6.10 Å². The van der Waals surface area contributed by atoms with Crippen LogP contribution in [0.2, 0.25) is 0 Å². The molecule has 2 aliphatic rings. The van der Waals surface area contributed by atoms with Crippen molar-refractivity contribution in [2.75, 3.05) is 26.2 Å². The van der Waals surface area contributed by atoms with Gasteiger partial charge in [-0.3, -0.25) is 9.69 Å². The van der Waals surface area contributed by atoms with Crippen LogP contribution in [-0.4, -0.2) is 71.2 Å². The third-order valence-corrected chi connectivity index (χ3v) is 4.41. The van der Waals surface area contributed by atoms with Crippen LogP contribution >= 0.6 is 0 Å². The zero-order chi connectivity index (χ0) is 14.7. The second kappa shape index (κ2) is 6.54. The largest absolute Gasteiger partial charge is 0.479 e. The quantitative estimate of drug-likeness (QED) is 0.817. The van der Waals surface area contributed by atoms with Crippen molar-refractivity contribution in [3.8, 4) is 0 Å². The molecule has 1 N–H and O–H groups in total. The average Bonchev–Trinajstić information content (AvgIpc) is 2.96. The van der Waals surface area contributed by atoms with Gasteiger partial charge in [-0.15, -0.1) is 0 Å². The summed E-state index contributed by atoms with van der Waals surface area (Å²) in [4.78, 5) is 27.3. The highest BCUT2D eigenvalue weighted by Crippen LogP contribution is 2.22. The molecule has 0 aromatic rings. The van der Waals surface area contributed by atoms with Crippen molar-refractivity contribution in [1.29, 1.82) is 0 Å². The number of hydrogen-bond acceptors (Lipinski definition) is 4. The fourth-order valence-electron chi connectivity index (χ4n) is 2.85. The van der Waals surface area contributed by atoms with Gasteiger partial charge in [-0.2, -0.15) is 0 Å². The molecule has 114 valence electrons. The van der Waals surface area contributed by atoms with Gasteiger partial charge in [-0.25, -0.2) is 4.79 Å². The number of ether oxygens (including phenoxy) is 1. The maximum absolute atomic E-state index is 12.3. The summed E-state index contributed by atoms with van der Waals surface area (Å²) in [5.74, 6) is -1.01. The summed E-state index contributed by atoms with van der Waals surface area (Å²) in [7, 11) is 0. The Morgan fingerprint density at radius 1 is 1.20 bits per heavy atom. The summed E-state index contributed by atoms with van der Waals surface area (Å²) in [6, 6.07) is 0.548. The van der Waals surface area contributed by atoms with Crippen LogP contribution in [0.4, 0.5) is 0 Å². The predicted molar refractivity (Wildman–Crippen MR) is 73.4 cm³/mol. The van der Waals surface area contributed by atoms with Gasteiger partial charge in [-0.1, -0.05) is 6.92 Å². The summed E-state index contributed by atoms with van der Waals surface area (Å²) in [5, 5.41) is 8.89. The molecule has 0 radical (unpaired) electrons. The first-order valence-electron chi connectivity index (χ1n) is 7.44. The van der Waals surface area contributed by atoms with Crippen molar-refractivity contribution in [3.63, 3.8) is 0 Å². The first-order valence-corrected chi connectivity index (χ1v) is 7.44. The zero-order valence-corrected chi connectivity index (χ0v) is 12.2. The summed E-state index contributed by atoms with van der Waals surface area (Å²) < 4.78 is 5.33. The molecule has 0 aromatic carbocycles. The normalized spacial score (nSPS) is 29.4. The molecule has 2 heterocycles. The molecule has 6 nitrogen and oxygen atoms in total. The molecule has 3 unspecified atom stereocenters. The van der Waals surface area contributed by atoms with Gasteiger partial charge in [0.25, 0.3) is 5.91 Å². The van der Waals surface area contributed by atoms with Crippen LogP contribution in [0, 0.1) is 0 Å². The molecule has 2 aliphatic heterocycles. The molecule has 0 spiro atoms. The molecule has 3 atom stereocenters. The Labute approximate surface area is 119 Å². The van der Waals surface area contributed by atoms with Crippen LogP contribution < -0.4 is 0 Å². The van der Waals surface area contributed by atoms with Gasteiger partial charge in [-0.05, 0) is 26.2 Å². The molecule has 6 heteroatoms. The molecule has 20 heavy (non-hydrogen) atoms. The van der Waals surface area contributed by atoms with E-state index in [2.05, 4.69) is 18.7 Å². The molecule has 2 saturated heterocycles. The lowest BCUT2D eigenvalue weighted by Crippen LogP contribution is -2.53. The average molecular weight is 284 g/mol. The summed E-state index contributed by atoms with van der Waals surface area (Å²) in [6.45, 7) is 7.56. The van der Waals surface area contributed by atoms with E-state index in [1.54, 1.807) is 0 Å². The molecular formula is C14H24N2O4. The van der Waals surface area contributed by atoms with E-state index in [-0.39, 0.29) is 5.91 Å². The van der Waals surface area contributed by atoms with E-state index in [0.29, 0.717) is 32.0 Å². The fraction of sp³-hybridized carbons (Fsp3) is 0.857. The molecule has 2 rings (SSSR count). The number of carboxylic acids is 1. The van der Waals surface area contributed by atoms with Crippen LogP contribution in [0.5, 0.6) is 0 Å². The number of hydrogen-bond donors (Lipinski definition) is 1. The number of amides is 1. The summed E-state index contributed by atoms with van der Waals surface area (Å²) in [6.07, 6.45) is 0.677. The van der Waals surface area contributed by atoms with Crippen LogP contribution in [0.1, 0.15) is 33.1 Å². The van der Waals surface area contributed by atoms with E-state index in [9.17, 15) is 9.59 Å². The lowest BCUT2D eigenvalue weighted by Gasteiger charge is -2.38. The smallest absolute Gasteiger partial charge is 0.332 e. The number of carboxylic acid groups (broad SMARTS) is 1. The van der Waals surface area contributed by atoms with E-state index >= 15 is 0 Å². The third-order valence-electron chi connectivity index (χ3n) is 4.41. The summed E-state index contributed by atoms with van der Waals surface area (Å²) >= 11 is 0. The monoisotopic (exact) mass is 284 g/mol. The molecule has 0 saturated carbocycles. The van der Waals surface area contributed by atoms with Crippen LogP contribution in [0.3, 0.4) is 0 Å². The Hall–Kier alpha value is -1.14. The lowest BCUT2D eigenvalue weighted by molar-refractivity contribution is -0.155. The minimum absolute atomic E-state index is 0.0439. The minimum atomic E-state index is -0.970. The van der Waals surface area contributed by atoms with Gasteiger partial charge < -0.3 is 14.7 Å². The Morgan fingerprint density at radius 2 is 1.80 bits per heavy atom. The number of nitrogens with zero attached hydrogens (tertiary/aromatic N) is 2. The van der Waals surface area contributed by atoms with E-state index < -0.39 is 18.2 Å². The standard InChI is InChI=1S/C14H24N2O4/c1-3-10(2)15-6-8-16(9-7-15)13(17)11-4-5-12(20-11)14(18)19/h10-12H,3-9H2,1-2H3,(H,18,19). The molecular weight excluding hydrogens is 260 g/mol. The van der Waals surface area contributed by atoms with Gasteiger partial charge in [0.05, 0.1) is 0 Å². The molecule has 1 amide bonds. The molecule has 0 bridgehead atoms. The maximum atomic E-state index is 12.3. The summed E-state index contributed by atoms with van der Waals surface area (Å²) in [5.41, 5.74) is 0. The van der Waals surface area contributed by atoms with Crippen molar-refractivity contribution in [1.82, 2.24) is 9.80 Å². The lowest BCUT2D eigenvalue weighted by atomic mass is 10.1. The van der Waals surface area contributed by atoms with E-state index in [1.807, 2.05) is 4.90 Å². The van der Waals surface area contributed by atoms with Gasteiger partial charge in [0, 0.05) is 32.2 Å². The molecule has 0 aliphatic carbocycles. The number of carbonyl (C=O) groups is 2. The number of rotatable bonds is 4. The van der Waals surface area contributed by atoms with Crippen molar-refractivity contribution in [3.05, 3.63) is 0 Å². The van der Waals surface area contributed by atoms with Crippen molar-refractivity contribution in [2.45, 2.75) is 51.4 Å². The van der Waals surface area contributed by atoms with Crippen molar-refractivity contribution >= 4 is 11.9 Å². The van der Waals surface area contributed by atoms with Crippen molar-refractivity contribution < 1.29 is 19.4 Å². The number of piperazine rings is 1. The van der Waals surface area contributed by atoms with Crippen LogP contribution in [-0.2, 0) is 14.3 Å². The fourth-order valence-corrected chi connectivity index (χ4v) is 2.85. The zero-order valence-electron chi connectivity index (χ0n) is 12.2. The SMILES string of the molecule is CCC(C)N1CCN(C(=O)C2CCC(C(=O)O)O2)CC1. The first kappa shape index (κ1) is 15.3. The van der Waals surface area contributed by atoms with E-state index in [4.69, 9.17) is 9.84 Å². The Kier molecular flexibility index (Phi) is 4.99. The molecule has 0 aromatic heterocycles. The highest BCUT2D eigenvalue weighted by Gasteiger charge is 2.37.